The lowest BCUT2D eigenvalue weighted by Gasteiger charge is -2.06. The van der Waals surface area contributed by atoms with Crippen LogP contribution in [0.2, 0.25) is 5.02 Å². The lowest BCUT2D eigenvalue weighted by atomic mass is 10.1. The SMILES string of the molecule is COCc1c(F)cc(-c2cc(C(=O)O)no2)cc1Cl. The Morgan fingerprint density at radius 1 is 1.53 bits per heavy atom. The summed E-state index contributed by atoms with van der Waals surface area (Å²) in [5.41, 5.74) is 0.278. The van der Waals surface area contributed by atoms with Gasteiger partial charge < -0.3 is 14.4 Å². The molecule has 0 radical (unpaired) electrons. The van der Waals surface area contributed by atoms with E-state index < -0.39 is 11.8 Å². The number of carboxylic acids is 1. The van der Waals surface area contributed by atoms with Crippen LogP contribution in [0.25, 0.3) is 11.3 Å². The summed E-state index contributed by atoms with van der Waals surface area (Å²) >= 11 is 5.93. The van der Waals surface area contributed by atoms with Crippen molar-refractivity contribution in [2.75, 3.05) is 7.11 Å². The van der Waals surface area contributed by atoms with Crippen LogP contribution in [0, 0.1) is 5.82 Å². The summed E-state index contributed by atoms with van der Waals surface area (Å²) < 4.78 is 23.5. The number of aromatic carboxylic acids is 1. The van der Waals surface area contributed by atoms with E-state index in [1.807, 2.05) is 0 Å². The van der Waals surface area contributed by atoms with Crippen LogP contribution in [-0.4, -0.2) is 23.3 Å². The van der Waals surface area contributed by atoms with Crippen LogP contribution in [-0.2, 0) is 11.3 Å². The van der Waals surface area contributed by atoms with Gasteiger partial charge in [-0.2, -0.15) is 0 Å². The van der Waals surface area contributed by atoms with Crippen molar-refractivity contribution in [1.29, 1.82) is 0 Å². The molecular weight excluding hydrogens is 277 g/mol. The van der Waals surface area contributed by atoms with Crippen LogP contribution in [0.15, 0.2) is 22.7 Å². The van der Waals surface area contributed by atoms with Crippen LogP contribution in [0.5, 0.6) is 0 Å². The maximum absolute atomic E-state index is 13.8. The number of aromatic nitrogens is 1. The predicted molar refractivity (Wildman–Crippen MR) is 64.6 cm³/mol. The summed E-state index contributed by atoms with van der Waals surface area (Å²) in [6.45, 7) is 0.0434. The van der Waals surface area contributed by atoms with E-state index in [2.05, 4.69) is 5.16 Å². The Labute approximate surface area is 112 Å². The average molecular weight is 286 g/mol. The minimum absolute atomic E-state index is 0.0434. The Balaban J connectivity index is 2.42. The summed E-state index contributed by atoms with van der Waals surface area (Å²) in [4.78, 5) is 10.7. The van der Waals surface area contributed by atoms with Gasteiger partial charge in [-0.1, -0.05) is 16.8 Å². The minimum Gasteiger partial charge on any atom is -0.476 e. The number of carboxylic acid groups (broad SMARTS) is 1. The first-order valence-corrected chi connectivity index (χ1v) is 5.58. The Morgan fingerprint density at radius 2 is 2.26 bits per heavy atom. The molecule has 0 amide bonds. The van der Waals surface area contributed by atoms with E-state index in [1.165, 1.54) is 25.3 Å². The number of rotatable bonds is 4. The number of nitrogens with zero attached hydrogens (tertiary/aromatic N) is 1. The van der Waals surface area contributed by atoms with Crippen LogP contribution >= 0.6 is 11.6 Å². The molecule has 1 heterocycles. The number of hydrogen-bond acceptors (Lipinski definition) is 4. The van der Waals surface area contributed by atoms with Crippen molar-refractivity contribution in [2.24, 2.45) is 0 Å². The molecule has 0 saturated heterocycles. The summed E-state index contributed by atoms with van der Waals surface area (Å²) in [7, 11) is 1.43. The van der Waals surface area contributed by atoms with E-state index in [0.29, 0.717) is 5.56 Å². The van der Waals surface area contributed by atoms with Gasteiger partial charge in [-0.05, 0) is 12.1 Å². The standard InChI is InChI=1S/C12H9ClFNO4/c1-18-5-7-8(13)2-6(3-9(7)14)11-4-10(12(16)17)15-19-11/h2-4H,5H2,1H3,(H,16,17). The van der Waals surface area contributed by atoms with Crippen molar-refractivity contribution in [2.45, 2.75) is 6.61 Å². The fraction of sp³-hybridized carbons (Fsp3) is 0.167. The second kappa shape index (κ2) is 5.38. The largest absolute Gasteiger partial charge is 0.476 e. The normalized spacial score (nSPS) is 10.7. The molecule has 7 heteroatoms. The molecule has 0 bridgehead atoms. The molecule has 0 aliphatic rings. The van der Waals surface area contributed by atoms with Gasteiger partial charge in [0.1, 0.15) is 5.82 Å². The predicted octanol–water partition coefficient (Wildman–Crippen LogP) is 2.98. The Bertz CT molecular complexity index is 603. The lowest BCUT2D eigenvalue weighted by molar-refractivity contribution is 0.0686. The maximum atomic E-state index is 13.8. The molecule has 0 atom stereocenters. The highest BCUT2D eigenvalue weighted by Gasteiger charge is 2.16. The van der Waals surface area contributed by atoms with E-state index in [9.17, 15) is 9.18 Å². The van der Waals surface area contributed by atoms with Gasteiger partial charge in [0, 0.05) is 29.3 Å². The van der Waals surface area contributed by atoms with Crippen LogP contribution in [0.4, 0.5) is 4.39 Å². The van der Waals surface area contributed by atoms with Gasteiger partial charge in [0.2, 0.25) is 0 Å². The molecule has 1 aromatic heterocycles. The maximum Gasteiger partial charge on any atom is 0.358 e. The molecule has 1 N–H and O–H groups in total. The van der Waals surface area contributed by atoms with Gasteiger partial charge in [0.05, 0.1) is 6.61 Å². The molecule has 19 heavy (non-hydrogen) atoms. The van der Waals surface area contributed by atoms with Crippen LogP contribution < -0.4 is 0 Å². The smallest absolute Gasteiger partial charge is 0.358 e. The molecule has 0 spiro atoms. The van der Waals surface area contributed by atoms with E-state index >= 15 is 0 Å². The van der Waals surface area contributed by atoms with Crippen LogP contribution in [0.1, 0.15) is 16.1 Å². The van der Waals surface area contributed by atoms with Gasteiger partial charge in [-0.3, -0.25) is 0 Å². The highest BCUT2D eigenvalue weighted by molar-refractivity contribution is 6.31. The minimum atomic E-state index is -1.22. The van der Waals surface area contributed by atoms with Gasteiger partial charge in [-0.15, -0.1) is 0 Å². The monoisotopic (exact) mass is 285 g/mol. The average Bonchev–Trinajstić information content (AvgIpc) is 2.83. The second-order valence-corrected chi connectivity index (χ2v) is 4.14. The van der Waals surface area contributed by atoms with Gasteiger partial charge in [-0.25, -0.2) is 9.18 Å². The molecule has 0 aliphatic heterocycles. The molecule has 2 rings (SSSR count). The van der Waals surface area contributed by atoms with Crippen molar-refractivity contribution in [3.8, 4) is 11.3 Å². The molecule has 0 fully saturated rings. The van der Waals surface area contributed by atoms with E-state index in [0.717, 1.165) is 0 Å². The zero-order chi connectivity index (χ0) is 14.0. The summed E-state index contributed by atoms with van der Waals surface area (Å²) in [6, 6.07) is 3.85. The quantitative estimate of drug-likeness (QED) is 0.935. The first-order chi connectivity index (χ1) is 9.02. The highest BCUT2D eigenvalue weighted by atomic mass is 35.5. The Kier molecular flexibility index (Phi) is 3.82. The first kappa shape index (κ1) is 13.5. The topological polar surface area (TPSA) is 72.6 Å². The molecule has 5 nitrogen and oxygen atoms in total. The first-order valence-electron chi connectivity index (χ1n) is 5.20. The van der Waals surface area contributed by atoms with E-state index in [4.69, 9.17) is 26.0 Å². The highest BCUT2D eigenvalue weighted by Crippen LogP contribution is 2.29. The van der Waals surface area contributed by atoms with Crippen molar-refractivity contribution < 1.29 is 23.6 Å². The summed E-state index contributed by atoms with van der Waals surface area (Å²) in [6.07, 6.45) is 0. The molecule has 100 valence electrons. The number of methoxy groups -OCH3 is 1. The summed E-state index contributed by atoms with van der Waals surface area (Å²) in [5, 5.41) is 12.2. The molecule has 0 saturated carbocycles. The molecule has 0 aliphatic carbocycles. The second-order valence-electron chi connectivity index (χ2n) is 3.73. The third-order valence-corrected chi connectivity index (χ3v) is 2.78. The van der Waals surface area contributed by atoms with Gasteiger partial charge in [0.25, 0.3) is 0 Å². The van der Waals surface area contributed by atoms with Gasteiger partial charge in [0.15, 0.2) is 11.5 Å². The lowest BCUT2D eigenvalue weighted by Crippen LogP contribution is -1.95. The fourth-order valence-electron chi connectivity index (χ4n) is 1.54. The molecule has 2 aromatic rings. The molecular formula is C12H9ClFNO4. The fourth-order valence-corrected chi connectivity index (χ4v) is 1.80. The Morgan fingerprint density at radius 3 is 2.79 bits per heavy atom. The zero-order valence-corrected chi connectivity index (χ0v) is 10.6. The van der Waals surface area contributed by atoms with E-state index in [1.54, 1.807) is 0 Å². The van der Waals surface area contributed by atoms with Crippen LogP contribution in [0.3, 0.4) is 0 Å². The molecule has 1 aromatic carbocycles. The van der Waals surface area contributed by atoms with E-state index in [-0.39, 0.29) is 28.6 Å². The number of carbonyl (C=O) groups is 1. The van der Waals surface area contributed by atoms with Gasteiger partial charge >= 0.3 is 5.97 Å². The molecule has 0 unspecified atom stereocenters. The number of halogens is 2. The Hall–Kier alpha value is -1.92. The number of benzene rings is 1. The summed E-state index contributed by atoms with van der Waals surface area (Å²) in [5.74, 6) is -1.66. The van der Waals surface area contributed by atoms with Crippen molar-refractivity contribution in [3.63, 3.8) is 0 Å². The third-order valence-electron chi connectivity index (χ3n) is 2.44. The number of ether oxygens (including phenoxy) is 1. The van der Waals surface area contributed by atoms with Crippen molar-refractivity contribution >= 4 is 17.6 Å². The zero-order valence-electron chi connectivity index (χ0n) is 9.81. The van der Waals surface area contributed by atoms with Crippen molar-refractivity contribution in [3.05, 3.63) is 40.3 Å². The van der Waals surface area contributed by atoms with Crippen molar-refractivity contribution in [1.82, 2.24) is 5.16 Å². The third kappa shape index (κ3) is 2.74. The number of hydrogen-bond donors (Lipinski definition) is 1.